The fourth-order valence-corrected chi connectivity index (χ4v) is 2.80. The molecule has 3 rings (SSSR count). The molecule has 2 aromatic rings. The third-order valence-corrected chi connectivity index (χ3v) is 4.37. The van der Waals surface area contributed by atoms with Gasteiger partial charge in [-0.15, -0.1) is 0 Å². The third-order valence-electron chi connectivity index (χ3n) is 4.37. The third kappa shape index (κ3) is 6.05. The summed E-state index contributed by atoms with van der Waals surface area (Å²) in [5, 5.41) is 6.85. The van der Waals surface area contributed by atoms with Crippen LogP contribution in [0.4, 0.5) is 5.69 Å². The lowest BCUT2D eigenvalue weighted by Crippen LogP contribution is -2.32. The first-order chi connectivity index (χ1) is 12.8. The van der Waals surface area contributed by atoms with E-state index in [-0.39, 0.29) is 0 Å². The minimum atomic E-state index is 0.652. The second-order valence-corrected chi connectivity index (χ2v) is 6.51. The van der Waals surface area contributed by atoms with Crippen LogP contribution in [0.3, 0.4) is 0 Å². The molecule has 0 saturated carbocycles. The molecule has 0 amide bonds. The van der Waals surface area contributed by atoms with Crippen LogP contribution in [0.2, 0.25) is 0 Å². The first kappa shape index (κ1) is 18.2. The number of nitrogens with zero attached hydrogens (tertiary/aromatic N) is 1. The van der Waals surface area contributed by atoms with E-state index in [4.69, 9.17) is 9.73 Å². The maximum absolute atomic E-state index is 5.37. The minimum absolute atomic E-state index is 0.652. The molecule has 0 bridgehead atoms. The number of rotatable bonds is 6. The van der Waals surface area contributed by atoms with Gasteiger partial charge in [0.15, 0.2) is 5.96 Å². The van der Waals surface area contributed by atoms with Crippen LogP contribution in [0.1, 0.15) is 24.0 Å². The molecule has 0 spiro atoms. The van der Waals surface area contributed by atoms with Crippen LogP contribution in [-0.4, -0.2) is 25.7 Å². The second kappa shape index (κ2) is 9.78. The maximum Gasteiger partial charge on any atom is 0.196 e. The van der Waals surface area contributed by atoms with Gasteiger partial charge >= 0.3 is 0 Å². The molecule has 0 saturated heterocycles. The lowest BCUT2D eigenvalue weighted by atomic mass is 10.1. The van der Waals surface area contributed by atoms with Crippen molar-refractivity contribution in [1.29, 1.82) is 0 Å². The summed E-state index contributed by atoms with van der Waals surface area (Å²) in [5.41, 5.74) is 4.97. The van der Waals surface area contributed by atoms with Crippen molar-refractivity contribution in [3.8, 4) is 0 Å². The summed E-state index contributed by atoms with van der Waals surface area (Å²) in [7, 11) is 0. The van der Waals surface area contributed by atoms with Gasteiger partial charge in [0.2, 0.25) is 0 Å². The van der Waals surface area contributed by atoms with Crippen LogP contribution < -0.4 is 10.6 Å². The van der Waals surface area contributed by atoms with Gasteiger partial charge in [0, 0.05) is 12.2 Å². The van der Waals surface area contributed by atoms with Crippen LogP contribution >= 0.6 is 0 Å². The van der Waals surface area contributed by atoms with E-state index >= 15 is 0 Å². The van der Waals surface area contributed by atoms with Gasteiger partial charge in [-0.25, -0.2) is 4.99 Å². The van der Waals surface area contributed by atoms with Gasteiger partial charge in [-0.2, -0.15) is 0 Å². The Bertz CT molecular complexity index is 736. The molecule has 0 atom stereocenters. The van der Waals surface area contributed by atoms with Gasteiger partial charge in [0.05, 0.1) is 19.8 Å². The number of aliphatic imine (C=N–C) groups is 1. The molecule has 2 aromatic carbocycles. The topological polar surface area (TPSA) is 45.7 Å². The van der Waals surface area contributed by atoms with E-state index in [0.29, 0.717) is 6.54 Å². The Morgan fingerprint density at radius 3 is 2.62 bits per heavy atom. The molecule has 1 aliphatic heterocycles. The van der Waals surface area contributed by atoms with E-state index in [1.807, 2.05) is 30.3 Å². The highest BCUT2D eigenvalue weighted by Crippen LogP contribution is 2.11. The van der Waals surface area contributed by atoms with Crippen molar-refractivity contribution in [3.63, 3.8) is 0 Å². The molecule has 4 nitrogen and oxygen atoms in total. The van der Waals surface area contributed by atoms with Crippen molar-refractivity contribution in [1.82, 2.24) is 5.32 Å². The smallest absolute Gasteiger partial charge is 0.196 e. The SMILES string of the molecule is Cc1ccc(CN=C(NCCC2=CCOCC2)Nc2ccccc2)cc1. The predicted molar refractivity (Wildman–Crippen MR) is 109 cm³/mol. The van der Waals surface area contributed by atoms with Crippen molar-refractivity contribution in [2.24, 2.45) is 4.99 Å². The largest absolute Gasteiger partial charge is 0.377 e. The van der Waals surface area contributed by atoms with Crippen LogP contribution in [0.5, 0.6) is 0 Å². The Kier molecular flexibility index (Phi) is 6.85. The molecule has 26 heavy (non-hydrogen) atoms. The predicted octanol–water partition coefficient (Wildman–Crippen LogP) is 4.29. The summed E-state index contributed by atoms with van der Waals surface area (Å²) < 4.78 is 5.37. The van der Waals surface area contributed by atoms with Crippen molar-refractivity contribution in [2.45, 2.75) is 26.3 Å². The average molecular weight is 349 g/mol. The Balaban J connectivity index is 1.61. The highest BCUT2D eigenvalue weighted by atomic mass is 16.5. The fourth-order valence-electron chi connectivity index (χ4n) is 2.80. The minimum Gasteiger partial charge on any atom is -0.377 e. The number of ether oxygens (including phenoxy) is 1. The first-order valence-corrected chi connectivity index (χ1v) is 9.21. The number of anilines is 1. The van der Waals surface area contributed by atoms with E-state index in [2.05, 4.69) is 47.9 Å². The van der Waals surface area contributed by atoms with Crippen molar-refractivity contribution < 1.29 is 4.74 Å². The maximum atomic E-state index is 5.37. The van der Waals surface area contributed by atoms with E-state index in [9.17, 15) is 0 Å². The van der Waals surface area contributed by atoms with E-state index < -0.39 is 0 Å². The number of hydrogen-bond donors (Lipinski definition) is 2. The Morgan fingerprint density at radius 2 is 1.88 bits per heavy atom. The Hall–Kier alpha value is -2.59. The second-order valence-electron chi connectivity index (χ2n) is 6.51. The molecule has 0 aliphatic carbocycles. The van der Waals surface area contributed by atoms with Gasteiger partial charge in [0.1, 0.15) is 0 Å². The van der Waals surface area contributed by atoms with Gasteiger partial charge in [-0.1, -0.05) is 59.7 Å². The van der Waals surface area contributed by atoms with Gasteiger partial charge in [-0.3, -0.25) is 0 Å². The number of hydrogen-bond acceptors (Lipinski definition) is 2. The van der Waals surface area contributed by atoms with Crippen LogP contribution in [0.25, 0.3) is 0 Å². The number of benzene rings is 2. The highest BCUT2D eigenvalue weighted by Gasteiger charge is 2.05. The molecule has 0 radical (unpaired) electrons. The molecule has 136 valence electrons. The Labute approximate surface area is 156 Å². The molecule has 0 unspecified atom stereocenters. The molecular weight excluding hydrogens is 322 g/mol. The lowest BCUT2D eigenvalue weighted by molar-refractivity contribution is 0.153. The van der Waals surface area contributed by atoms with Crippen molar-refractivity contribution >= 4 is 11.6 Å². The molecule has 1 heterocycles. The van der Waals surface area contributed by atoms with Crippen LogP contribution in [0, 0.1) is 6.92 Å². The monoisotopic (exact) mass is 349 g/mol. The number of guanidine groups is 1. The lowest BCUT2D eigenvalue weighted by Gasteiger charge is -2.16. The zero-order valence-corrected chi connectivity index (χ0v) is 15.4. The standard InChI is InChI=1S/C22H27N3O/c1-18-7-9-20(10-8-18)17-24-22(25-21-5-3-2-4-6-21)23-14-11-19-12-15-26-16-13-19/h2-10,12H,11,13-17H2,1H3,(H2,23,24,25). The average Bonchev–Trinajstić information content (AvgIpc) is 2.69. The van der Waals surface area contributed by atoms with Crippen LogP contribution in [0.15, 0.2) is 71.2 Å². The number of para-hydroxylation sites is 1. The molecule has 4 heteroatoms. The summed E-state index contributed by atoms with van der Waals surface area (Å²) in [5.74, 6) is 0.810. The van der Waals surface area contributed by atoms with E-state index in [0.717, 1.165) is 44.2 Å². The van der Waals surface area contributed by atoms with Crippen molar-refractivity contribution in [2.75, 3.05) is 25.1 Å². The summed E-state index contributed by atoms with van der Waals surface area (Å²) in [6.45, 7) is 5.19. The van der Waals surface area contributed by atoms with Gasteiger partial charge in [-0.05, 0) is 37.5 Å². The van der Waals surface area contributed by atoms with Gasteiger partial charge < -0.3 is 15.4 Å². The zero-order valence-electron chi connectivity index (χ0n) is 15.4. The molecular formula is C22H27N3O. The van der Waals surface area contributed by atoms with E-state index in [1.54, 1.807) is 0 Å². The fraction of sp³-hybridized carbons (Fsp3) is 0.318. The normalized spacial score (nSPS) is 14.7. The molecule has 2 N–H and O–H groups in total. The van der Waals surface area contributed by atoms with E-state index in [1.165, 1.54) is 16.7 Å². The number of aryl methyl sites for hydroxylation is 1. The quantitative estimate of drug-likeness (QED) is 0.465. The van der Waals surface area contributed by atoms with Gasteiger partial charge in [0.25, 0.3) is 0 Å². The summed E-state index contributed by atoms with van der Waals surface area (Å²) in [6.07, 6.45) is 4.24. The van der Waals surface area contributed by atoms with Crippen LogP contribution in [-0.2, 0) is 11.3 Å². The first-order valence-electron chi connectivity index (χ1n) is 9.21. The molecule has 1 aliphatic rings. The number of nitrogens with one attached hydrogen (secondary N) is 2. The highest BCUT2D eigenvalue weighted by molar-refractivity contribution is 5.93. The summed E-state index contributed by atoms with van der Waals surface area (Å²) in [6, 6.07) is 18.7. The zero-order chi connectivity index (χ0) is 18.0. The van der Waals surface area contributed by atoms with Crippen molar-refractivity contribution in [3.05, 3.63) is 77.4 Å². The summed E-state index contributed by atoms with van der Waals surface area (Å²) in [4.78, 5) is 4.75. The Morgan fingerprint density at radius 1 is 1.08 bits per heavy atom. The summed E-state index contributed by atoms with van der Waals surface area (Å²) >= 11 is 0. The molecule has 0 aromatic heterocycles. The molecule has 0 fully saturated rings.